The summed E-state index contributed by atoms with van der Waals surface area (Å²) in [5.74, 6) is 0.857. The molecule has 0 N–H and O–H groups in total. The van der Waals surface area contributed by atoms with Gasteiger partial charge in [-0.05, 0) is 35.0 Å². The van der Waals surface area contributed by atoms with Crippen molar-refractivity contribution in [2.45, 2.75) is 6.92 Å². The van der Waals surface area contributed by atoms with Crippen LogP contribution in [-0.2, 0) is 4.74 Å². The van der Waals surface area contributed by atoms with E-state index in [9.17, 15) is 4.79 Å². The number of halogens is 1. The van der Waals surface area contributed by atoms with Crippen molar-refractivity contribution in [3.05, 3.63) is 22.2 Å². The highest BCUT2D eigenvalue weighted by atomic mass is 79.9. The SMILES string of the molecule is CCOC(=O)c1cc2c(cc1Br)OCCO2. The van der Waals surface area contributed by atoms with Crippen LogP contribution in [0.3, 0.4) is 0 Å². The molecule has 1 aliphatic heterocycles. The molecule has 0 amide bonds. The molecule has 1 aliphatic rings. The van der Waals surface area contributed by atoms with Crippen LogP contribution in [0.4, 0.5) is 0 Å². The number of benzene rings is 1. The quantitative estimate of drug-likeness (QED) is 0.783. The Balaban J connectivity index is 2.35. The fraction of sp³-hybridized carbons (Fsp3) is 0.364. The van der Waals surface area contributed by atoms with Gasteiger partial charge in [-0.25, -0.2) is 4.79 Å². The van der Waals surface area contributed by atoms with E-state index < -0.39 is 0 Å². The lowest BCUT2D eigenvalue weighted by atomic mass is 10.2. The maximum atomic E-state index is 11.6. The van der Waals surface area contributed by atoms with E-state index in [4.69, 9.17) is 14.2 Å². The number of esters is 1. The first kappa shape index (κ1) is 11.3. The van der Waals surface area contributed by atoms with Crippen molar-refractivity contribution >= 4 is 21.9 Å². The number of carbonyl (C=O) groups is 1. The molecule has 0 unspecified atom stereocenters. The van der Waals surface area contributed by atoms with Gasteiger partial charge in [0.15, 0.2) is 11.5 Å². The minimum Gasteiger partial charge on any atom is -0.486 e. The van der Waals surface area contributed by atoms with Crippen molar-refractivity contribution in [3.8, 4) is 11.5 Å². The fourth-order valence-electron chi connectivity index (χ4n) is 1.43. The molecular weight excluding hydrogens is 276 g/mol. The normalized spacial score (nSPS) is 13.4. The third kappa shape index (κ3) is 2.14. The molecule has 0 saturated carbocycles. The molecule has 0 saturated heterocycles. The van der Waals surface area contributed by atoms with E-state index in [0.29, 0.717) is 41.4 Å². The molecule has 0 spiro atoms. The number of rotatable bonds is 2. The molecule has 0 bridgehead atoms. The third-order valence-corrected chi connectivity index (χ3v) is 2.78. The van der Waals surface area contributed by atoms with Crippen LogP contribution in [0, 0.1) is 0 Å². The highest BCUT2D eigenvalue weighted by molar-refractivity contribution is 9.10. The summed E-state index contributed by atoms with van der Waals surface area (Å²) in [6.07, 6.45) is 0. The molecule has 1 heterocycles. The maximum Gasteiger partial charge on any atom is 0.339 e. The number of carbonyl (C=O) groups excluding carboxylic acids is 1. The summed E-state index contributed by atoms with van der Waals surface area (Å²) in [6, 6.07) is 3.36. The average molecular weight is 287 g/mol. The van der Waals surface area contributed by atoms with Gasteiger partial charge in [0.05, 0.1) is 12.2 Å². The van der Waals surface area contributed by atoms with Gasteiger partial charge in [0.1, 0.15) is 13.2 Å². The fourth-order valence-corrected chi connectivity index (χ4v) is 1.91. The molecular formula is C11H11BrO4. The van der Waals surface area contributed by atoms with Crippen LogP contribution in [-0.4, -0.2) is 25.8 Å². The molecule has 86 valence electrons. The van der Waals surface area contributed by atoms with Crippen LogP contribution >= 0.6 is 15.9 Å². The van der Waals surface area contributed by atoms with Gasteiger partial charge in [0.2, 0.25) is 0 Å². The van der Waals surface area contributed by atoms with Crippen molar-refractivity contribution in [3.63, 3.8) is 0 Å². The van der Waals surface area contributed by atoms with Crippen LogP contribution in [0.1, 0.15) is 17.3 Å². The zero-order valence-electron chi connectivity index (χ0n) is 8.79. The maximum absolute atomic E-state index is 11.6. The van der Waals surface area contributed by atoms with Crippen LogP contribution < -0.4 is 9.47 Å². The molecule has 4 nitrogen and oxygen atoms in total. The Hall–Kier alpha value is -1.23. The molecule has 1 aromatic carbocycles. The Morgan fingerprint density at radius 1 is 1.38 bits per heavy atom. The first-order chi connectivity index (χ1) is 7.72. The van der Waals surface area contributed by atoms with Crippen molar-refractivity contribution in [1.82, 2.24) is 0 Å². The molecule has 0 atom stereocenters. The highest BCUT2D eigenvalue weighted by Gasteiger charge is 2.19. The summed E-state index contributed by atoms with van der Waals surface area (Å²) in [5, 5.41) is 0. The monoisotopic (exact) mass is 286 g/mol. The van der Waals surface area contributed by atoms with Gasteiger partial charge < -0.3 is 14.2 Å². The van der Waals surface area contributed by atoms with Gasteiger partial charge >= 0.3 is 5.97 Å². The van der Waals surface area contributed by atoms with Gasteiger partial charge in [0, 0.05) is 4.47 Å². The minimum atomic E-state index is -0.369. The van der Waals surface area contributed by atoms with Gasteiger partial charge in [-0.2, -0.15) is 0 Å². The topological polar surface area (TPSA) is 44.8 Å². The minimum absolute atomic E-state index is 0.347. The third-order valence-electron chi connectivity index (χ3n) is 2.13. The predicted octanol–water partition coefficient (Wildman–Crippen LogP) is 2.40. The van der Waals surface area contributed by atoms with E-state index in [1.54, 1.807) is 19.1 Å². The molecule has 2 rings (SSSR count). The zero-order chi connectivity index (χ0) is 11.5. The standard InChI is InChI=1S/C11H11BrO4/c1-2-14-11(13)7-5-9-10(6-8(7)12)16-4-3-15-9/h5-6H,2-4H2,1H3. The van der Waals surface area contributed by atoms with Crippen LogP contribution in [0.2, 0.25) is 0 Å². The van der Waals surface area contributed by atoms with Crippen LogP contribution in [0.25, 0.3) is 0 Å². The molecule has 16 heavy (non-hydrogen) atoms. The number of hydrogen-bond acceptors (Lipinski definition) is 4. The van der Waals surface area contributed by atoms with Crippen molar-refractivity contribution in [1.29, 1.82) is 0 Å². The zero-order valence-corrected chi connectivity index (χ0v) is 10.4. The summed E-state index contributed by atoms with van der Waals surface area (Å²) < 4.78 is 16.4. The van der Waals surface area contributed by atoms with Gasteiger partial charge in [-0.15, -0.1) is 0 Å². The molecule has 0 radical (unpaired) electrons. The van der Waals surface area contributed by atoms with E-state index in [0.717, 1.165) is 0 Å². The molecule has 0 fully saturated rings. The summed E-state index contributed by atoms with van der Waals surface area (Å²) >= 11 is 3.31. The number of fused-ring (bicyclic) bond motifs is 1. The van der Waals surface area contributed by atoms with Gasteiger partial charge in [-0.3, -0.25) is 0 Å². The van der Waals surface area contributed by atoms with E-state index in [1.165, 1.54) is 0 Å². The van der Waals surface area contributed by atoms with Crippen molar-refractivity contribution < 1.29 is 19.0 Å². The van der Waals surface area contributed by atoms with Crippen molar-refractivity contribution in [2.24, 2.45) is 0 Å². The second kappa shape index (κ2) is 4.74. The molecule has 1 aromatic rings. The first-order valence-electron chi connectivity index (χ1n) is 4.98. The second-order valence-electron chi connectivity index (χ2n) is 3.20. The van der Waals surface area contributed by atoms with E-state index in [1.807, 2.05) is 0 Å². The molecule has 5 heteroatoms. The number of ether oxygens (including phenoxy) is 3. The number of hydrogen-bond donors (Lipinski definition) is 0. The largest absolute Gasteiger partial charge is 0.486 e. The predicted molar refractivity (Wildman–Crippen MR) is 61.1 cm³/mol. The highest BCUT2D eigenvalue weighted by Crippen LogP contribution is 2.35. The van der Waals surface area contributed by atoms with Gasteiger partial charge in [0.25, 0.3) is 0 Å². The molecule has 0 aromatic heterocycles. The lowest BCUT2D eigenvalue weighted by Crippen LogP contribution is -2.16. The Morgan fingerprint density at radius 3 is 2.62 bits per heavy atom. The van der Waals surface area contributed by atoms with Crippen molar-refractivity contribution in [2.75, 3.05) is 19.8 Å². The Morgan fingerprint density at radius 2 is 2.00 bits per heavy atom. The lowest BCUT2D eigenvalue weighted by Gasteiger charge is -2.19. The lowest BCUT2D eigenvalue weighted by molar-refractivity contribution is 0.0524. The van der Waals surface area contributed by atoms with Gasteiger partial charge in [-0.1, -0.05) is 0 Å². The molecule has 0 aliphatic carbocycles. The summed E-state index contributed by atoms with van der Waals surface area (Å²) in [4.78, 5) is 11.6. The van der Waals surface area contributed by atoms with Crippen LogP contribution in [0.15, 0.2) is 16.6 Å². The van der Waals surface area contributed by atoms with E-state index in [2.05, 4.69) is 15.9 Å². The first-order valence-corrected chi connectivity index (χ1v) is 5.78. The summed E-state index contributed by atoms with van der Waals surface area (Å²) in [5.41, 5.74) is 0.450. The average Bonchev–Trinajstić information content (AvgIpc) is 2.28. The smallest absolute Gasteiger partial charge is 0.339 e. The van der Waals surface area contributed by atoms with E-state index >= 15 is 0 Å². The van der Waals surface area contributed by atoms with Crippen LogP contribution in [0.5, 0.6) is 11.5 Å². The Kier molecular flexibility index (Phi) is 3.33. The Bertz CT molecular complexity index is 417. The van der Waals surface area contributed by atoms with E-state index in [-0.39, 0.29) is 5.97 Å². The summed E-state index contributed by atoms with van der Waals surface area (Å²) in [7, 11) is 0. The Labute approximate surface area is 102 Å². The summed E-state index contributed by atoms with van der Waals surface area (Å²) in [6.45, 7) is 3.14. The second-order valence-corrected chi connectivity index (χ2v) is 4.05.